The van der Waals surface area contributed by atoms with Crippen molar-refractivity contribution in [1.29, 1.82) is 10.5 Å². The molecule has 4 aliphatic heterocycles. The Kier molecular flexibility index (Phi) is 13.6. The lowest BCUT2D eigenvalue weighted by molar-refractivity contribution is 0.396. The number of rotatable bonds is 10. The SMILES string of the molecule is COc1nc(-c2nc3n(n2)CCC[C@@H]3c2cc(N3CCCCC3)ccc2C#N)ccc1-n1cnc(C)c1.COc1nc(-c2nc3n(n2)CCC[C@H]3c2cc(N3CCCCC3)ccc2C#N)ccc1-n1cnc(C)c1. The van der Waals surface area contributed by atoms with Crippen LogP contribution in [-0.4, -0.2) is 99.0 Å². The van der Waals surface area contributed by atoms with Crippen molar-refractivity contribution in [3.63, 3.8) is 0 Å². The topological polar surface area (TPSA) is 195 Å². The van der Waals surface area contributed by atoms with Gasteiger partial charge in [0.25, 0.3) is 0 Å². The molecular formula is C56H60N16O2. The molecule has 0 N–H and O–H groups in total. The molecule has 0 bridgehead atoms. The number of aryl methyl sites for hydroxylation is 4. The molecule has 18 nitrogen and oxygen atoms in total. The van der Waals surface area contributed by atoms with E-state index in [1.165, 1.54) is 49.9 Å². The Morgan fingerprint density at radius 2 is 0.946 bits per heavy atom. The Morgan fingerprint density at radius 1 is 0.514 bits per heavy atom. The molecule has 0 aliphatic carbocycles. The van der Waals surface area contributed by atoms with Crippen LogP contribution in [0.5, 0.6) is 11.8 Å². The number of aromatic nitrogens is 12. The number of hydrogen-bond acceptors (Lipinski definition) is 14. The number of anilines is 2. The van der Waals surface area contributed by atoms with E-state index in [4.69, 9.17) is 39.6 Å². The number of hydrogen-bond donors (Lipinski definition) is 0. The Bertz CT molecular complexity index is 3170. The molecule has 2 aromatic carbocycles. The molecule has 2 fully saturated rings. The van der Waals surface area contributed by atoms with Gasteiger partial charge in [-0.1, -0.05) is 0 Å². The van der Waals surface area contributed by atoms with Crippen LogP contribution in [0.2, 0.25) is 0 Å². The lowest BCUT2D eigenvalue weighted by Crippen LogP contribution is -2.29. The van der Waals surface area contributed by atoms with Gasteiger partial charge in [-0.15, -0.1) is 10.2 Å². The van der Waals surface area contributed by atoms with Gasteiger partial charge in [-0.3, -0.25) is 0 Å². The second-order valence-corrected chi connectivity index (χ2v) is 19.6. The molecule has 2 saturated heterocycles. The predicted molar refractivity (Wildman–Crippen MR) is 280 cm³/mol. The molecule has 6 aromatic heterocycles. The van der Waals surface area contributed by atoms with Crippen molar-refractivity contribution in [1.82, 2.24) is 58.6 Å². The average Bonchev–Trinajstić information content (AvgIpc) is 4.30. The van der Waals surface area contributed by atoms with E-state index in [-0.39, 0.29) is 11.8 Å². The molecule has 0 radical (unpaired) electrons. The van der Waals surface area contributed by atoms with Gasteiger partial charge < -0.3 is 28.4 Å². The summed E-state index contributed by atoms with van der Waals surface area (Å²) in [6.45, 7) is 9.77. The van der Waals surface area contributed by atoms with E-state index >= 15 is 0 Å². The number of pyridine rings is 2. The van der Waals surface area contributed by atoms with Gasteiger partial charge in [-0.25, -0.2) is 39.3 Å². The van der Waals surface area contributed by atoms with Crippen LogP contribution in [0.4, 0.5) is 11.4 Å². The molecule has 8 aromatic rings. The first-order valence-electron chi connectivity index (χ1n) is 25.9. The first-order valence-corrected chi connectivity index (χ1v) is 25.9. The zero-order valence-corrected chi connectivity index (χ0v) is 42.5. The monoisotopic (exact) mass is 989 g/mol. The van der Waals surface area contributed by atoms with E-state index in [1.807, 2.05) is 81.1 Å². The van der Waals surface area contributed by atoms with Gasteiger partial charge in [0.1, 0.15) is 34.4 Å². The van der Waals surface area contributed by atoms with Crippen molar-refractivity contribution in [2.75, 3.05) is 50.2 Å². The highest BCUT2D eigenvalue weighted by Gasteiger charge is 2.31. The minimum Gasteiger partial charge on any atom is -0.479 e. The Hall–Kier alpha value is -8.38. The van der Waals surface area contributed by atoms with Crippen molar-refractivity contribution < 1.29 is 9.47 Å². The number of benzene rings is 2. The van der Waals surface area contributed by atoms with E-state index in [1.54, 1.807) is 26.9 Å². The average molecular weight is 989 g/mol. The van der Waals surface area contributed by atoms with Gasteiger partial charge in [-0.2, -0.15) is 10.5 Å². The van der Waals surface area contributed by atoms with Crippen molar-refractivity contribution >= 4 is 11.4 Å². The van der Waals surface area contributed by atoms with Crippen LogP contribution in [0.3, 0.4) is 0 Å². The van der Waals surface area contributed by atoms with Gasteiger partial charge in [0.15, 0.2) is 11.6 Å². The summed E-state index contributed by atoms with van der Waals surface area (Å²) in [4.78, 5) is 32.9. The lowest BCUT2D eigenvalue weighted by atomic mass is 9.87. The number of ether oxygens (including phenoxy) is 2. The largest absolute Gasteiger partial charge is 0.479 e. The zero-order valence-electron chi connectivity index (χ0n) is 42.5. The number of piperidine rings is 2. The maximum atomic E-state index is 9.92. The van der Waals surface area contributed by atoms with Crippen molar-refractivity contribution in [2.45, 2.75) is 103 Å². The predicted octanol–water partition coefficient (Wildman–Crippen LogP) is 9.26. The summed E-state index contributed by atoms with van der Waals surface area (Å²) < 4.78 is 19.0. The molecule has 4 aliphatic rings. The third-order valence-electron chi connectivity index (χ3n) is 14.8. The second-order valence-electron chi connectivity index (χ2n) is 19.6. The third kappa shape index (κ3) is 9.55. The summed E-state index contributed by atoms with van der Waals surface area (Å²) in [5.74, 6) is 3.93. The summed E-state index contributed by atoms with van der Waals surface area (Å²) in [6.07, 6.45) is 18.6. The highest BCUT2D eigenvalue weighted by atomic mass is 16.5. The molecule has 0 amide bonds. The van der Waals surface area contributed by atoms with Crippen molar-refractivity contribution in [3.05, 3.63) is 131 Å². The van der Waals surface area contributed by atoms with E-state index in [0.717, 1.165) is 110 Å². The van der Waals surface area contributed by atoms with Crippen LogP contribution in [0.1, 0.15) is 121 Å². The minimum absolute atomic E-state index is 0.0180. The van der Waals surface area contributed by atoms with E-state index < -0.39 is 0 Å². The maximum Gasteiger partial charge on any atom is 0.238 e. The molecule has 74 heavy (non-hydrogen) atoms. The van der Waals surface area contributed by atoms with Crippen LogP contribution < -0.4 is 19.3 Å². The van der Waals surface area contributed by atoms with Gasteiger partial charge >= 0.3 is 0 Å². The Labute approximate surface area is 430 Å². The Morgan fingerprint density at radius 3 is 1.32 bits per heavy atom. The normalized spacial score (nSPS) is 17.3. The number of fused-ring (bicyclic) bond motifs is 2. The van der Waals surface area contributed by atoms with Gasteiger partial charge in [-0.05, 0) is 150 Å². The first-order chi connectivity index (χ1) is 36.3. The van der Waals surface area contributed by atoms with Crippen LogP contribution >= 0.6 is 0 Å². The van der Waals surface area contributed by atoms with Gasteiger partial charge in [0.05, 0.1) is 61.5 Å². The quantitative estimate of drug-likeness (QED) is 0.126. The molecule has 0 spiro atoms. The summed E-state index contributed by atoms with van der Waals surface area (Å²) in [7, 11) is 3.22. The van der Waals surface area contributed by atoms with E-state index in [9.17, 15) is 10.5 Å². The summed E-state index contributed by atoms with van der Waals surface area (Å²) >= 11 is 0. The third-order valence-corrected chi connectivity index (χ3v) is 14.8. The van der Waals surface area contributed by atoms with E-state index in [2.05, 4.69) is 56.2 Å². The fraction of sp³-hybridized carbons (Fsp3) is 0.393. The van der Waals surface area contributed by atoms with Gasteiger partial charge in [0.2, 0.25) is 11.8 Å². The standard InChI is InChI=1S/2C28H30N8O/c2*1-19-17-35(18-30-19)25-11-10-24(31-28(25)37-2)26-32-27-22(7-6-14-36(27)33-26)23-15-21(9-8-20(23)16-29)34-12-4-3-5-13-34/h2*8-11,15,17-18,22H,3-7,12-14H2,1-2H3/t2*22-/m10/s1. The zero-order chi connectivity index (χ0) is 50.7. The molecule has 10 heterocycles. The number of nitriles is 2. The summed E-state index contributed by atoms with van der Waals surface area (Å²) in [5.41, 5.74) is 10.7. The van der Waals surface area contributed by atoms with Crippen LogP contribution in [-0.2, 0) is 13.1 Å². The molecule has 18 heteroatoms. The second kappa shape index (κ2) is 21.0. The highest BCUT2D eigenvalue weighted by Crippen LogP contribution is 2.40. The van der Waals surface area contributed by atoms with Crippen LogP contribution in [0, 0.1) is 36.5 Å². The Balaban J connectivity index is 0.000000159. The first kappa shape index (κ1) is 47.9. The van der Waals surface area contributed by atoms with Crippen molar-refractivity contribution in [3.8, 4) is 58.3 Å². The summed E-state index contributed by atoms with van der Waals surface area (Å²) in [6, 6.07) is 25.1. The molecule has 12 rings (SSSR count). The number of methoxy groups -OCH3 is 2. The molecule has 0 saturated carbocycles. The summed E-state index contributed by atoms with van der Waals surface area (Å²) in [5, 5.41) is 29.5. The smallest absolute Gasteiger partial charge is 0.238 e. The number of imidazole rings is 2. The number of nitrogens with zero attached hydrogens (tertiary/aromatic N) is 16. The minimum atomic E-state index is 0.0180. The van der Waals surface area contributed by atoms with Crippen molar-refractivity contribution in [2.24, 2.45) is 0 Å². The maximum absolute atomic E-state index is 9.92. The van der Waals surface area contributed by atoms with E-state index in [0.29, 0.717) is 45.9 Å². The highest BCUT2D eigenvalue weighted by molar-refractivity contribution is 5.60. The molecular weight excluding hydrogens is 929 g/mol. The van der Waals surface area contributed by atoms with Crippen LogP contribution in [0.25, 0.3) is 34.4 Å². The fourth-order valence-electron chi connectivity index (χ4n) is 11.0. The molecule has 0 unspecified atom stereocenters. The van der Waals surface area contributed by atoms with Crippen LogP contribution in [0.15, 0.2) is 85.7 Å². The molecule has 376 valence electrons. The van der Waals surface area contributed by atoms with Gasteiger partial charge in [0, 0.05) is 74.9 Å². The lowest BCUT2D eigenvalue weighted by Gasteiger charge is -2.30. The fourth-order valence-corrected chi connectivity index (χ4v) is 11.0. The molecule has 2 atom stereocenters.